The van der Waals surface area contributed by atoms with E-state index in [0.29, 0.717) is 5.11 Å². The molecule has 2 heterocycles. The summed E-state index contributed by atoms with van der Waals surface area (Å²) in [5.74, 6) is 0.795. The molecule has 0 fully saturated rings. The molecule has 0 aromatic heterocycles. The third-order valence-corrected chi connectivity index (χ3v) is 2.99. The van der Waals surface area contributed by atoms with Crippen molar-refractivity contribution in [3.63, 3.8) is 0 Å². The number of nitrogens with zero attached hydrogens (tertiary/aromatic N) is 3. The number of thiocarbonyl (C=S) groups is 1. The Morgan fingerprint density at radius 1 is 1.44 bits per heavy atom. The van der Waals surface area contributed by atoms with Gasteiger partial charge in [0.25, 0.3) is 0 Å². The van der Waals surface area contributed by atoms with Crippen LogP contribution in [0.4, 0.5) is 5.69 Å². The minimum absolute atomic E-state index is 0.0896. The van der Waals surface area contributed by atoms with Crippen molar-refractivity contribution in [2.24, 2.45) is 15.2 Å². The predicted molar refractivity (Wildman–Crippen MR) is 67.1 cm³/mol. The third kappa shape index (κ3) is 1.36. The molecule has 5 heteroatoms. The smallest absolute Gasteiger partial charge is 0.241 e. The number of hydrogen-bond donors (Lipinski definition) is 1. The Kier molecular flexibility index (Phi) is 2.07. The Morgan fingerprint density at radius 3 is 3.12 bits per heavy atom. The van der Waals surface area contributed by atoms with E-state index < -0.39 is 0 Å². The molecule has 1 aromatic carbocycles. The highest BCUT2D eigenvalue weighted by atomic mass is 32.1. The van der Waals surface area contributed by atoms with Crippen molar-refractivity contribution < 1.29 is 0 Å². The van der Waals surface area contributed by atoms with Gasteiger partial charge in [0.2, 0.25) is 5.11 Å². The molecule has 80 valence electrons. The lowest BCUT2D eigenvalue weighted by atomic mass is 10.0. The summed E-state index contributed by atoms with van der Waals surface area (Å²) < 4.78 is 0. The van der Waals surface area contributed by atoms with Gasteiger partial charge in [0, 0.05) is 11.3 Å². The van der Waals surface area contributed by atoms with E-state index in [4.69, 9.17) is 12.2 Å². The molecule has 2 aliphatic heterocycles. The lowest BCUT2D eigenvalue weighted by molar-refractivity contribution is 0.890. The first kappa shape index (κ1) is 9.59. The molecule has 1 unspecified atom stereocenters. The van der Waals surface area contributed by atoms with Gasteiger partial charge in [-0.25, -0.2) is 4.99 Å². The van der Waals surface area contributed by atoms with Gasteiger partial charge in [-0.1, -0.05) is 19.1 Å². The van der Waals surface area contributed by atoms with E-state index in [0.717, 1.165) is 23.5 Å². The van der Waals surface area contributed by atoms with Gasteiger partial charge >= 0.3 is 0 Å². The molecule has 1 N–H and O–H groups in total. The van der Waals surface area contributed by atoms with Crippen LogP contribution in [0.2, 0.25) is 0 Å². The number of fused-ring (bicyclic) bond motifs is 3. The van der Waals surface area contributed by atoms with Gasteiger partial charge in [-0.15, -0.1) is 5.11 Å². The zero-order chi connectivity index (χ0) is 11.1. The van der Waals surface area contributed by atoms with Crippen LogP contribution in [0.5, 0.6) is 0 Å². The van der Waals surface area contributed by atoms with Gasteiger partial charge in [0.05, 0.1) is 0 Å². The van der Waals surface area contributed by atoms with Crippen LogP contribution in [0.3, 0.4) is 0 Å². The van der Waals surface area contributed by atoms with Crippen LogP contribution in [-0.4, -0.2) is 10.9 Å². The quantitative estimate of drug-likeness (QED) is 0.754. The van der Waals surface area contributed by atoms with Crippen molar-refractivity contribution in [2.75, 3.05) is 5.32 Å². The number of anilines is 1. The van der Waals surface area contributed by atoms with E-state index in [1.807, 2.05) is 0 Å². The molecular weight excluding hydrogens is 220 g/mol. The maximum absolute atomic E-state index is 4.90. The molecular formula is C11H10N4S. The van der Waals surface area contributed by atoms with E-state index in [1.165, 1.54) is 5.56 Å². The highest BCUT2D eigenvalue weighted by Gasteiger charge is 2.31. The molecule has 4 nitrogen and oxygen atoms in total. The highest BCUT2D eigenvalue weighted by Crippen LogP contribution is 2.36. The van der Waals surface area contributed by atoms with Crippen molar-refractivity contribution in [3.8, 4) is 0 Å². The lowest BCUT2D eigenvalue weighted by Crippen LogP contribution is -2.15. The largest absolute Gasteiger partial charge is 0.341 e. The van der Waals surface area contributed by atoms with Gasteiger partial charge in [-0.2, -0.15) is 5.11 Å². The third-order valence-electron chi connectivity index (χ3n) is 2.82. The second-order valence-corrected chi connectivity index (χ2v) is 4.16. The van der Waals surface area contributed by atoms with E-state index in [9.17, 15) is 0 Å². The second-order valence-electron chi connectivity index (χ2n) is 3.80. The van der Waals surface area contributed by atoms with Crippen LogP contribution in [0.15, 0.2) is 33.4 Å². The summed E-state index contributed by atoms with van der Waals surface area (Å²) in [4.78, 5) is 4.19. The van der Waals surface area contributed by atoms with Crippen molar-refractivity contribution in [1.29, 1.82) is 0 Å². The molecule has 0 aliphatic carbocycles. The first-order valence-electron chi connectivity index (χ1n) is 5.21. The summed E-state index contributed by atoms with van der Waals surface area (Å²) in [6.45, 7) is 2.14. The standard InChI is InChI=1S/C11H10N4S/c1-2-6-3-4-8-7(5-6)9-10(12-8)13-11(16)15-14-9/h3-5,9H,2H2,1H3,(H,12,13,16). The molecule has 0 radical (unpaired) electrons. The number of azo groups is 1. The van der Waals surface area contributed by atoms with Crippen LogP contribution in [0.1, 0.15) is 24.1 Å². The molecule has 0 saturated heterocycles. The number of benzene rings is 1. The maximum atomic E-state index is 4.90. The van der Waals surface area contributed by atoms with Gasteiger partial charge < -0.3 is 5.32 Å². The van der Waals surface area contributed by atoms with Crippen LogP contribution in [0, 0.1) is 0 Å². The number of amidine groups is 1. The fourth-order valence-corrected chi connectivity index (χ4v) is 2.11. The average Bonchev–Trinajstić information content (AvgIpc) is 2.65. The number of aliphatic imine (C=N–C) groups is 1. The molecule has 16 heavy (non-hydrogen) atoms. The Morgan fingerprint density at radius 2 is 2.31 bits per heavy atom. The Balaban J connectivity index is 2.09. The normalized spacial score (nSPS) is 21.2. The SMILES string of the molecule is CCc1ccc2c(c1)C1N=NC(=S)N=C1N2. The van der Waals surface area contributed by atoms with Crippen LogP contribution >= 0.6 is 12.2 Å². The van der Waals surface area contributed by atoms with Gasteiger partial charge in [-0.05, 0) is 30.3 Å². The van der Waals surface area contributed by atoms with E-state index >= 15 is 0 Å². The van der Waals surface area contributed by atoms with Crippen molar-refractivity contribution in [1.82, 2.24) is 0 Å². The first-order chi connectivity index (χ1) is 7.78. The van der Waals surface area contributed by atoms with Crippen molar-refractivity contribution in [2.45, 2.75) is 19.4 Å². The van der Waals surface area contributed by atoms with Crippen molar-refractivity contribution in [3.05, 3.63) is 29.3 Å². The summed E-state index contributed by atoms with van der Waals surface area (Å²) in [5.41, 5.74) is 3.50. The fourth-order valence-electron chi connectivity index (χ4n) is 1.96. The van der Waals surface area contributed by atoms with Crippen LogP contribution in [-0.2, 0) is 6.42 Å². The molecule has 1 aromatic rings. The number of aryl methyl sites for hydroxylation is 1. The number of rotatable bonds is 1. The summed E-state index contributed by atoms with van der Waals surface area (Å²) in [6, 6.07) is 6.24. The van der Waals surface area contributed by atoms with E-state index in [1.54, 1.807) is 0 Å². The molecule has 1 atom stereocenters. The van der Waals surface area contributed by atoms with Crippen molar-refractivity contribution >= 4 is 28.9 Å². The molecule has 2 aliphatic rings. The summed E-state index contributed by atoms with van der Waals surface area (Å²) >= 11 is 4.90. The fraction of sp³-hybridized carbons (Fsp3) is 0.273. The average molecular weight is 230 g/mol. The molecule has 0 amide bonds. The Labute approximate surface area is 98.5 Å². The van der Waals surface area contributed by atoms with Crippen LogP contribution < -0.4 is 5.32 Å². The number of hydrogen-bond acceptors (Lipinski definition) is 3. The topological polar surface area (TPSA) is 49.1 Å². The molecule has 3 rings (SSSR count). The van der Waals surface area contributed by atoms with Crippen LogP contribution in [0.25, 0.3) is 0 Å². The minimum atomic E-state index is -0.0896. The van der Waals surface area contributed by atoms with E-state index in [2.05, 4.69) is 45.7 Å². The van der Waals surface area contributed by atoms with Gasteiger partial charge in [0.1, 0.15) is 5.84 Å². The Bertz CT molecular complexity index is 533. The number of nitrogens with one attached hydrogen (secondary N) is 1. The zero-order valence-electron chi connectivity index (χ0n) is 8.77. The highest BCUT2D eigenvalue weighted by molar-refractivity contribution is 7.80. The minimum Gasteiger partial charge on any atom is -0.341 e. The first-order valence-corrected chi connectivity index (χ1v) is 5.62. The predicted octanol–water partition coefficient (Wildman–Crippen LogP) is 2.86. The zero-order valence-corrected chi connectivity index (χ0v) is 9.58. The summed E-state index contributed by atoms with van der Waals surface area (Å²) in [7, 11) is 0. The van der Waals surface area contributed by atoms with Gasteiger partial charge in [-0.3, -0.25) is 0 Å². The summed E-state index contributed by atoms with van der Waals surface area (Å²) in [6.07, 6.45) is 1.02. The summed E-state index contributed by atoms with van der Waals surface area (Å²) in [5, 5.41) is 11.6. The molecule has 0 spiro atoms. The van der Waals surface area contributed by atoms with Gasteiger partial charge in [0.15, 0.2) is 6.04 Å². The maximum Gasteiger partial charge on any atom is 0.241 e. The second kappa shape index (κ2) is 3.45. The molecule has 0 bridgehead atoms. The van der Waals surface area contributed by atoms with E-state index in [-0.39, 0.29) is 6.04 Å². The monoisotopic (exact) mass is 230 g/mol. The Hall–Kier alpha value is -1.62. The lowest BCUT2D eigenvalue weighted by Gasteiger charge is -2.08. The molecule has 0 saturated carbocycles.